The van der Waals surface area contributed by atoms with Crippen LogP contribution in [0.1, 0.15) is 11.1 Å². The van der Waals surface area contributed by atoms with Crippen molar-refractivity contribution in [3.8, 4) is 0 Å². The molecule has 0 fully saturated rings. The lowest BCUT2D eigenvalue weighted by molar-refractivity contribution is -0.136. The predicted octanol–water partition coefficient (Wildman–Crippen LogP) is 2.25. The highest BCUT2D eigenvalue weighted by Crippen LogP contribution is 2.22. The number of hydrogen-bond donors (Lipinski definition) is 1. The first kappa shape index (κ1) is 11.9. The van der Waals surface area contributed by atoms with Crippen molar-refractivity contribution in [1.29, 1.82) is 0 Å². The van der Waals surface area contributed by atoms with Gasteiger partial charge in [-0.15, -0.1) is 0 Å². The van der Waals surface area contributed by atoms with Gasteiger partial charge >= 0.3 is 5.97 Å². The number of ether oxygens (including phenoxy) is 1. The second-order valence-electron chi connectivity index (χ2n) is 3.04. The lowest BCUT2D eigenvalue weighted by Gasteiger charge is -2.06. The first-order valence-corrected chi connectivity index (χ1v) is 4.60. The van der Waals surface area contributed by atoms with Crippen LogP contribution in [0.25, 0.3) is 0 Å². The van der Waals surface area contributed by atoms with Gasteiger partial charge in [-0.3, -0.25) is 4.79 Å². The molecule has 0 aromatic heterocycles. The van der Waals surface area contributed by atoms with Crippen molar-refractivity contribution in [1.82, 2.24) is 0 Å². The van der Waals surface area contributed by atoms with Crippen LogP contribution >= 0.6 is 11.6 Å². The first-order valence-electron chi connectivity index (χ1n) is 4.22. The summed E-state index contributed by atoms with van der Waals surface area (Å²) in [6, 6.07) is 2.60. The van der Waals surface area contributed by atoms with E-state index in [2.05, 4.69) is 0 Å². The molecular formula is C10H10ClFO3. The van der Waals surface area contributed by atoms with Crippen LogP contribution in [0.3, 0.4) is 0 Å². The molecular weight excluding hydrogens is 223 g/mol. The van der Waals surface area contributed by atoms with Gasteiger partial charge in [0.25, 0.3) is 0 Å². The highest BCUT2D eigenvalue weighted by atomic mass is 35.5. The number of halogens is 2. The minimum Gasteiger partial charge on any atom is -0.481 e. The van der Waals surface area contributed by atoms with Crippen LogP contribution in [0.5, 0.6) is 0 Å². The number of carboxylic acid groups (broad SMARTS) is 1. The maximum Gasteiger partial charge on any atom is 0.307 e. The van der Waals surface area contributed by atoms with E-state index in [0.29, 0.717) is 5.56 Å². The fourth-order valence-electron chi connectivity index (χ4n) is 1.21. The third-order valence-electron chi connectivity index (χ3n) is 1.84. The monoisotopic (exact) mass is 232 g/mol. The molecule has 0 bridgehead atoms. The van der Waals surface area contributed by atoms with Gasteiger partial charge in [-0.2, -0.15) is 0 Å². The van der Waals surface area contributed by atoms with E-state index in [1.54, 1.807) is 0 Å². The second kappa shape index (κ2) is 5.09. The third kappa shape index (κ3) is 3.18. The average molecular weight is 233 g/mol. The lowest BCUT2D eigenvalue weighted by Crippen LogP contribution is -2.02. The molecule has 1 N–H and O–H groups in total. The van der Waals surface area contributed by atoms with Gasteiger partial charge in [0.15, 0.2) is 0 Å². The van der Waals surface area contributed by atoms with Crippen LogP contribution in [0.2, 0.25) is 5.02 Å². The molecule has 3 nitrogen and oxygen atoms in total. The third-order valence-corrected chi connectivity index (χ3v) is 2.18. The van der Waals surface area contributed by atoms with Gasteiger partial charge in [0.05, 0.1) is 13.0 Å². The first-order chi connectivity index (χ1) is 7.04. The fourth-order valence-corrected chi connectivity index (χ4v) is 1.50. The van der Waals surface area contributed by atoms with Crippen molar-refractivity contribution in [3.05, 3.63) is 34.1 Å². The molecule has 0 atom stereocenters. The summed E-state index contributed by atoms with van der Waals surface area (Å²) in [4.78, 5) is 10.4. The van der Waals surface area contributed by atoms with Crippen molar-refractivity contribution in [2.24, 2.45) is 0 Å². The summed E-state index contributed by atoms with van der Waals surface area (Å²) < 4.78 is 18.2. The summed E-state index contributed by atoms with van der Waals surface area (Å²) >= 11 is 5.78. The van der Waals surface area contributed by atoms with E-state index in [9.17, 15) is 9.18 Å². The summed E-state index contributed by atoms with van der Waals surface area (Å²) in [6.07, 6.45) is -0.246. The zero-order valence-electron chi connectivity index (χ0n) is 8.09. The van der Waals surface area contributed by atoms with Gasteiger partial charge in [0, 0.05) is 17.7 Å². The standard InChI is InChI=1S/C10H10ClFO3/c1-15-5-7-8(11)2-6(3-9(7)12)4-10(13)14/h2-3H,4-5H2,1H3,(H,13,14). The maximum absolute atomic E-state index is 13.4. The fraction of sp³-hybridized carbons (Fsp3) is 0.300. The van der Waals surface area contributed by atoms with Gasteiger partial charge in [0.1, 0.15) is 5.82 Å². The Morgan fingerprint density at radius 1 is 1.60 bits per heavy atom. The molecule has 1 aromatic carbocycles. The highest BCUT2D eigenvalue weighted by molar-refractivity contribution is 6.31. The molecule has 0 aliphatic heterocycles. The quantitative estimate of drug-likeness (QED) is 0.866. The summed E-state index contributed by atoms with van der Waals surface area (Å²) in [5.74, 6) is -1.56. The van der Waals surface area contributed by atoms with Gasteiger partial charge in [-0.25, -0.2) is 4.39 Å². The van der Waals surface area contributed by atoms with E-state index in [1.165, 1.54) is 13.2 Å². The summed E-state index contributed by atoms with van der Waals surface area (Å²) in [5.41, 5.74) is 0.582. The smallest absolute Gasteiger partial charge is 0.307 e. The molecule has 1 rings (SSSR count). The van der Waals surface area contributed by atoms with E-state index >= 15 is 0 Å². The number of rotatable bonds is 4. The Morgan fingerprint density at radius 2 is 2.27 bits per heavy atom. The number of benzene rings is 1. The van der Waals surface area contributed by atoms with Crippen molar-refractivity contribution >= 4 is 17.6 Å². The van der Waals surface area contributed by atoms with Gasteiger partial charge in [-0.05, 0) is 17.7 Å². The number of carbonyl (C=O) groups is 1. The predicted molar refractivity (Wildman–Crippen MR) is 53.5 cm³/mol. The molecule has 5 heteroatoms. The minimum atomic E-state index is -1.02. The van der Waals surface area contributed by atoms with E-state index < -0.39 is 11.8 Å². The number of carboxylic acids is 1. The Morgan fingerprint density at radius 3 is 2.73 bits per heavy atom. The minimum absolute atomic E-state index is 0.0675. The Kier molecular flexibility index (Phi) is 4.05. The second-order valence-corrected chi connectivity index (χ2v) is 3.45. The molecule has 0 heterocycles. The molecule has 0 spiro atoms. The van der Waals surface area contributed by atoms with E-state index in [-0.39, 0.29) is 23.6 Å². The van der Waals surface area contributed by atoms with Crippen molar-refractivity contribution in [3.63, 3.8) is 0 Å². The van der Waals surface area contributed by atoms with Gasteiger partial charge in [-0.1, -0.05) is 11.6 Å². The van der Waals surface area contributed by atoms with E-state index in [4.69, 9.17) is 21.4 Å². The molecule has 0 saturated heterocycles. The molecule has 15 heavy (non-hydrogen) atoms. The molecule has 1 aromatic rings. The Hall–Kier alpha value is -1.13. The Bertz CT molecular complexity index is 356. The van der Waals surface area contributed by atoms with E-state index in [0.717, 1.165) is 6.07 Å². The van der Waals surface area contributed by atoms with Crippen LogP contribution < -0.4 is 0 Å². The van der Waals surface area contributed by atoms with E-state index in [1.807, 2.05) is 0 Å². The molecule has 0 unspecified atom stereocenters. The van der Waals surface area contributed by atoms with Crippen LogP contribution in [-0.2, 0) is 22.6 Å². The zero-order valence-corrected chi connectivity index (χ0v) is 8.84. The summed E-state index contributed by atoms with van der Waals surface area (Å²) in [5, 5.41) is 8.72. The topological polar surface area (TPSA) is 46.5 Å². The molecule has 0 aliphatic rings. The van der Waals surface area contributed by atoms with Gasteiger partial charge in [0.2, 0.25) is 0 Å². The molecule has 0 saturated carbocycles. The number of aliphatic carboxylic acids is 1. The van der Waals surface area contributed by atoms with Crippen molar-refractivity contribution in [2.45, 2.75) is 13.0 Å². The molecule has 0 amide bonds. The maximum atomic E-state index is 13.4. The van der Waals surface area contributed by atoms with Crippen LogP contribution in [0.4, 0.5) is 4.39 Å². The average Bonchev–Trinajstić information content (AvgIpc) is 2.10. The van der Waals surface area contributed by atoms with Crippen LogP contribution in [0, 0.1) is 5.82 Å². The zero-order chi connectivity index (χ0) is 11.4. The summed E-state index contributed by atoms with van der Waals surface area (Å²) in [6.45, 7) is 0.0675. The number of methoxy groups -OCH3 is 1. The molecule has 82 valence electrons. The van der Waals surface area contributed by atoms with Gasteiger partial charge < -0.3 is 9.84 Å². The Labute approximate surface area is 91.4 Å². The largest absolute Gasteiger partial charge is 0.481 e. The normalized spacial score (nSPS) is 10.3. The van der Waals surface area contributed by atoms with Crippen molar-refractivity contribution < 1.29 is 19.0 Å². The van der Waals surface area contributed by atoms with Crippen LogP contribution in [0.15, 0.2) is 12.1 Å². The Balaban J connectivity index is 3.02. The number of hydrogen-bond acceptors (Lipinski definition) is 2. The highest BCUT2D eigenvalue weighted by Gasteiger charge is 2.11. The summed E-state index contributed by atoms with van der Waals surface area (Å²) in [7, 11) is 1.43. The molecule has 0 radical (unpaired) electrons. The SMILES string of the molecule is COCc1c(F)cc(CC(=O)O)cc1Cl. The van der Waals surface area contributed by atoms with Crippen LogP contribution in [-0.4, -0.2) is 18.2 Å². The van der Waals surface area contributed by atoms with Crippen molar-refractivity contribution in [2.75, 3.05) is 7.11 Å². The molecule has 0 aliphatic carbocycles. The lowest BCUT2D eigenvalue weighted by atomic mass is 10.1.